The molecule has 1 aromatic rings. The fourth-order valence-corrected chi connectivity index (χ4v) is 3.46. The zero-order chi connectivity index (χ0) is 14.9. The fourth-order valence-electron chi connectivity index (χ4n) is 2.58. The third-order valence-electron chi connectivity index (χ3n) is 3.86. The average molecular weight is 296 g/mol. The van der Waals surface area contributed by atoms with Crippen LogP contribution in [0.2, 0.25) is 0 Å². The van der Waals surface area contributed by atoms with Gasteiger partial charge in [0.2, 0.25) is 0 Å². The summed E-state index contributed by atoms with van der Waals surface area (Å²) in [6.07, 6.45) is 0.524. The zero-order valence-electron chi connectivity index (χ0n) is 11.9. The maximum Gasteiger partial charge on any atom is 0.318 e. The first-order valence-corrected chi connectivity index (χ1v) is 7.58. The van der Waals surface area contributed by atoms with E-state index in [0.29, 0.717) is 13.0 Å². The molecule has 110 valence electrons. The summed E-state index contributed by atoms with van der Waals surface area (Å²) in [4.78, 5) is 27.3. The Morgan fingerprint density at radius 2 is 2.20 bits per heavy atom. The Kier molecular flexibility index (Phi) is 4.32. The highest BCUT2D eigenvalue weighted by atomic mass is 32.1. The van der Waals surface area contributed by atoms with Crippen LogP contribution in [-0.2, 0) is 4.79 Å². The number of thiophene rings is 1. The summed E-state index contributed by atoms with van der Waals surface area (Å²) >= 11 is 1.66. The second kappa shape index (κ2) is 5.83. The number of amides is 2. The van der Waals surface area contributed by atoms with E-state index in [0.717, 1.165) is 4.88 Å². The lowest BCUT2D eigenvalue weighted by Crippen LogP contribution is -2.44. The van der Waals surface area contributed by atoms with E-state index in [2.05, 4.69) is 5.32 Å². The van der Waals surface area contributed by atoms with Crippen LogP contribution in [0.15, 0.2) is 12.1 Å². The number of carbonyl (C=O) groups is 2. The minimum atomic E-state index is -0.824. The number of aliphatic carboxylic acids is 1. The number of hydrogen-bond donors (Lipinski definition) is 2. The van der Waals surface area contributed by atoms with Crippen molar-refractivity contribution in [1.82, 2.24) is 10.2 Å². The van der Waals surface area contributed by atoms with E-state index in [9.17, 15) is 9.59 Å². The monoisotopic (exact) mass is 296 g/mol. The van der Waals surface area contributed by atoms with Crippen LogP contribution in [0.5, 0.6) is 0 Å². The molecule has 2 heterocycles. The lowest BCUT2D eigenvalue weighted by molar-refractivity contribution is -0.142. The van der Waals surface area contributed by atoms with Crippen molar-refractivity contribution in [3.63, 3.8) is 0 Å². The number of carboxylic acid groups (broad SMARTS) is 1. The summed E-state index contributed by atoms with van der Waals surface area (Å²) in [7, 11) is 0. The smallest absolute Gasteiger partial charge is 0.318 e. The zero-order valence-corrected chi connectivity index (χ0v) is 12.7. The molecule has 0 radical (unpaired) electrons. The molecule has 0 aromatic carbocycles. The molecule has 0 aliphatic carbocycles. The van der Waals surface area contributed by atoms with Crippen LogP contribution in [0.3, 0.4) is 0 Å². The van der Waals surface area contributed by atoms with Crippen LogP contribution >= 0.6 is 11.3 Å². The summed E-state index contributed by atoms with van der Waals surface area (Å²) in [5, 5.41) is 12.0. The molecule has 20 heavy (non-hydrogen) atoms. The summed E-state index contributed by atoms with van der Waals surface area (Å²) in [5.74, 6) is -1.28. The lowest BCUT2D eigenvalue weighted by Gasteiger charge is -2.25. The van der Waals surface area contributed by atoms with E-state index in [1.54, 1.807) is 23.2 Å². The molecule has 1 fully saturated rings. The first-order chi connectivity index (χ1) is 9.40. The van der Waals surface area contributed by atoms with Gasteiger partial charge in [-0.05, 0) is 39.3 Å². The average Bonchev–Trinajstić information content (AvgIpc) is 2.95. The maximum absolute atomic E-state index is 12.2. The van der Waals surface area contributed by atoms with Crippen LogP contribution in [0.25, 0.3) is 0 Å². The largest absolute Gasteiger partial charge is 0.481 e. The van der Waals surface area contributed by atoms with Gasteiger partial charge in [-0.15, -0.1) is 11.3 Å². The molecule has 1 aliphatic rings. The molecule has 5 nitrogen and oxygen atoms in total. The van der Waals surface area contributed by atoms with Crippen molar-refractivity contribution in [2.45, 2.75) is 39.3 Å². The molecule has 1 aliphatic heterocycles. The summed E-state index contributed by atoms with van der Waals surface area (Å²) in [6.45, 7) is 6.27. The van der Waals surface area contributed by atoms with Gasteiger partial charge in [-0.2, -0.15) is 0 Å². The molecular weight excluding hydrogens is 276 g/mol. The molecule has 0 spiro atoms. The van der Waals surface area contributed by atoms with Gasteiger partial charge in [0.05, 0.1) is 12.0 Å². The van der Waals surface area contributed by atoms with Crippen molar-refractivity contribution in [3.05, 3.63) is 21.9 Å². The highest BCUT2D eigenvalue weighted by Gasteiger charge is 2.38. The van der Waals surface area contributed by atoms with Crippen molar-refractivity contribution < 1.29 is 14.7 Å². The van der Waals surface area contributed by atoms with Gasteiger partial charge in [0.25, 0.3) is 0 Å². The summed E-state index contributed by atoms with van der Waals surface area (Å²) < 4.78 is 0. The standard InChI is InChI=1S/C14H20N2O3S/c1-8-4-5-12(20-8)9(2)15-14(19)16-7-6-11(10(16)3)13(17)18/h4-5,9-11H,6-7H2,1-3H3,(H,15,19)(H,17,18). The molecule has 2 N–H and O–H groups in total. The first kappa shape index (κ1) is 14.8. The Labute approximate surface area is 122 Å². The Morgan fingerprint density at radius 1 is 1.50 bits per heavy atom. The summed E-state index contributed by atoms with van der Waals surface area (Å²) in [5.41, 5.74) is 0. The van der Waals surface area contributed by atoms with Crippen molar-refractivity contribution in [1.29, 1.82) is 0 Å². The van der Waals surface area contributed by atoms with Gasteiger partial charge < -0.3 is 15.3 Å². The number of carboxylic acids is 1. The number of urea groups is 1. The van der Waals surface area contributed by atoms with Crippen LogP contribution in [0.4, 0.5) is 4.79 Å². The molecule has 3 atom stereocenters. The molecule has 2 amide bonds. The van der Waals surface area contributed by atoms with Crippen molar-refractivity contribution >= 4 is 23.3 Å². The Balaban J connectivity index is 1.97. The van der Waals surface area contributed by atoms with Crippen molar-refractivity contribution in [3.8, 4) is 0 Å². The Bertz CT molecular complexity index is 514. The lowest BCUT2D eigenvalue weighted by atomic mass is 10.0. The van der Waals surface area contributed by atoms with Crippen LogP contribution in [-0.4, -0.2) is 34.6 Å². The van der Waals surface area contributed by atoms with Gasteiger partial charge in [0.15, 0.2) is 0 Å². The highest BCUT2D eigenvalue weighted by Crippen LogP contribution is 2.26. The Morgan fingerprint density at radius 3 is 2.70 bits per heavy atom. The van der Waals surface area contributed by atoms with Gasteiger partial charge in [0.1, 0.15) is 0 Å². The number of aryl methyl sites for hydroxylation is 1. The third kappa shape index (κ3) is 2.95. The predicted octanol–water partition coefficient (Wildman–Crippen LogP) is 2.62. The van der Waals surface area contributed by atoms with Crippen LogP contribution in [0.1, 0.15) is 36.1 Å². The second-order valence-corrected chi connectivity index (χ2v) is 6.61. The number of nitrogens with zero attached hydrogens (tertiary/aromatic N) is 1. The topological polar surface area (TPSA) is 69.6 Å². The molecule has 0 bridgehead atoms. The first-order valence-electron chi connectivity index (χ1n) is 6.76. The highest BCUT2D eigenvalue weighted by molar-refractivity contribution is 7.12. The normalized spacial score (nSPS) is 23.6. The van der Waals surface area contributed by atoms with E-state index in [1.165, 1.54) is 4.88 Å². The fraction of sp³-hybridized carbons (Fsp3) is 0.571. The molecule has 6 heteroatoms. The van der Waals surface area contributed by atoms with Crippen LogP contribution in [0, 0.1) is 12.8 Å². The van der Waals surface area contributed by atoms with Gasteiger partial charge >= 0.3 is 12.0 Å². The molecule has 0 saturated carbocycles. The maximum atomic E-state index is 12.2. The quantitative estimate of drug-likeness (QED) is 0.901. The predicted molar refractivity (Wildman–Crippen MR) is 77.9 cm³/mol. The second-order valence-electron chi connectivity index (χ2n) is 5.29. The van der Waals surface area contributed by atoms with Crippen LogP contribution < -0.4 is 5.32 Å². The van der Waals surface area contributed by atoms with Gasteiger partial charge in [0, 0.05) is 22.3 Å². The van der Waals surface area contributed by atoms with Crippen molar-refractivity contribution in [2.75, 3.05) is 6.54 Å². The molecule has 2 rings (SSSR count). The summed E-state index contributed by atoms with van der Waals surface area (Å²) in [6, 6.07) is 3.54. The van der Waals surface area contributed by atoms with E-state index >= 15 is 0 Å². The Hall–Kier alpha value is -1.56. The number of hydrogen-bond acceptors (Lipinski definition) is 3. The van der Waals surface area contributed by atoms with E-state index < -0.39 is 11.9 Å². The van der Waals surface area contributed by atoms with E-state index in [-0.39, 0.29) is 18.1 Å². The molecule has 1 saturated heterocycles. The van der Waals surface area contributed by atoms with Gasteiger partial charge in [-0.25, -0.2) is 4.79 Å². The van der Waals surface area contributed by atoms with Gasteiger partial charge in [-0.1, -0.05) is 0 Å². The molecule has 1 aromatic heterocycles. The van der Waals surface area contributed by atoms with Gasteiger partial charge in [-0.3, -0.25) is 4.79 Å². The number of carbonyl (C=O) groups excluding carboxylic acids is 1. The molecular formula is C14H20N2O3S. The SMILES string of the molecule is Cc1ccc(C(C)NC(=O)N2CCC(C(=O)O)C2C)s1. The minimum Gasteiger partial charge on any atom is -0.481 e. The van der Waals surface area contributed by atoms with E-state index in [1.807, 2.05) is 26.0 Å². The van der Waals surface area contributed by atoms with Crippen molar-refractivity contribution in [2.24, 2.45) is 5.92 Å². The van der Waals surface area contributed by atoms with E-state index in [4.69, 9.17) is 5.11 Å². The minimum absolute atomic E-state index is 0.0581. The number of rotatable bonds is 3. The number of likely N-dealkylation sites (tertiary alicyclic amines) is 1. The molecule has 3 unspecified atom stereocenters. The number of nitrogens with one attached hydrogen (secondary N) is 1. The third-order valence-corrected chi connectivity index (χ3v) is 5.04.